The number of nitrogens with zero attached hydrogens (tertiary/aromatic N) is 3. The van der Waals surface area contributed by atoms with Crippen molar-refractivity contribution in [2.75, 3.05) is 5.32 Å². The number of benzene rings is 1. The number of carbonyl (C=O) groups excluding carboxylic acids is 1. The monoisotopic (exact) mass is 352 g/mol. The Bertz CT molecular complexity index is 1120. The van der Waals surface area contributed by atoms with Crippen LogP contribution in [-0.2, 0) is 0 Å². The van der Waals surface area contributed by atoms with Crippen molar-refractivity contribution in [2.45, 2.75) is 20.8 Å². The number of nitrogens with one attached hydrogen (secondary N) is 1. The first-order valence-corrected chi connectivity index (χ1v) is 7.85. The highest BCUT2D eigenvalue weighted by molar-refractivity contribution is 6.06. The fourth-order valence-electron chi connectivity index (χ4n) is 2.80. The largest absolute Gasteiger partial charge is 0.316 e. The smallest absolute Gasteiger partial charge is 0.281 e. The molecule has 1 amide bonds. The molecule has 0 fully saturated rings. The standard InChI is InChI=1S/C18H16N4O4/c1-10-6-5-9-21-16(10)19-12(3)15(18(21)24)20-17(23)13-7-4-8-14(11(13)2)22(25)26/h4-9H,1-3H3,(H,20,23). The number of fused-ring (bicyclic) bond motifs is 1. The third-order valence-electron chi connectivity index (χ3n) is 4.22. The Labute approximate surface area is 148 Å². The maximum atomic E-state index is 12.7. The number of hydrogen-bond acceptors (Lipinski definition) is 5. The van der Waals surface area contributed by atoms with Crippen LogP contribution in [-0.4, -0.2) is 20.2 Å². The molecule has 0 aliphatic heterocycles. The third-order valence-corrected chi connectivity index (χ3v) is 4.22. The van der Waals surface area contributed by atoms with Crippen LogP contribution < -0.4 is 10.9 Å². The average molecular weight is 352 g/mol. The number of aryl methyl sites for hydroxylation is 2. The number of rotatable bonds is 3. The van der Waals surface area contributed by atoms with E-state index in [4.69, 9.17) is 0 Å². The fourth-order valence-corrected chi connectivity index (χ4v) is 2.80. The minimum absolute atomic E-state index is 0.0454. The molecule has 8 heteroatoms. The van der Waals surface area contributed by atoms with Crippen LogP contribution in [0.5, 0.6) is 0 Å². The number of pyridine rings is 1. The highest BCUT2D eigenvalue weighted by Gasteiger charge is 2.20. The maximum absolute atomic E-state index is 12.7. The van der Waals surface area contributed by atoms with E-state index >= 15 is 0 Å². The van der Waals surface area contributed by atoms with E-state index < -0.39 is 16.4 Å². The fraction of sp³-hybridized carbons (Fsp3) is 0.167. The predicted octanol–water partition coefficient (Wildman–Crippen LogP) is 2.78. The van der Waals surface area contributed by atoms with E-state index in [2.05, 4.69) is 10.3 Å². The number of nitro groups is 1. The first kappa shape index (κ1) is 17.3. The number of nitro benzene ring substituents is 1. The molecule has 3 rings (SSSR count). The lowest BCUT2D eigenvalue weighted by Crippen LogP contribution is -2.25. The molecule has 0 saturated carbocycles. The molecule has 1 N–H and O–H groups in total. The van der Waals surface area contributed by atoms with Crippen molar-refractivity contribution in [3.05, 3.63) is 79.4 Å². The van der Waals surface area contributed by atoms with Crippen molar-refractivity contribution in [3.8, 4) is 0 Å². The lowest BCUT2D eigenvalue weighted by Gasteiger charge is -2.11. The molecule has 26 heavy (non-hydrogen) atoms. The molecule has 2 aromatic heterocycles. The Morgan fingerprint density at radius 2 is 1.92 bits per heavy atom. The van der Waals surface area contributed by atoms with Gasteiger partial charge in [0.2, 0.25) is 0 Å². The Hall–Kier alpha value is -3.55. The molecular weight excluding hydrogens is 336 g/mol. The van der Waals surface area contributed by atoms with Crippen molar-refractivity contribution in [1.29, 1.82) is 0 Å². The second-order valence-electron chi connectivity index (χ2n) is 5.92. The zero-order valence-electron chi connectivity index (χ0n) is 14.4. The summed E-state index contributed by atoms with van der Waals surface area (Å²) in [5.41, 5.74) is 1.57. The molecule has 8 nitrogen and oxygen atoms in total. The lowest BCUT2D eigenvalue weighted by molar-refractivity contribution is -0.385. The normalized spacial score (nSPS) is 10.7. The van der Waals surface area contributed by atoms with Crippen LogP contribution in [0.4, 0.5) is 11.4 Å². The van der Waals surface area contributed by atoms with Gasteiger partial charge in [0.25, 0.3) is 17.2 Å². The molecule has 0 atom stereocenters. The summed E-state index contributed by atoms with van der Waals surface area (Å²) in [6, 6.07) is 7.79. The zero-order chi connectivity index (χ0) is 19.0. The minimum atomic E-state index is -0.596. The second kappa shape index (κ2) is 6.40. The van der Waals surface area contributed by atoms with E-state index in [9.17, 15) is 19.7 Å². The topological polar surface area (TPSA) is 107 Å². The molecule has 2 heterocycles. The molecule has 0 saturated heterocycles. The lowest BCUT2D eigenvalue weighted by atomic mass is 10.1. The first-order chi connectivity index (χ1) is 12.3. The SMILES string of the molecule is Cc1nc2c(C)cccn2c(=O)c1NC(=O)c1cccc([N+](=O)[O-])c1C. The molecule has 1 aromatic carbocycles. The van der Waals surface area contributed by atoms with Crippen LogP contribution in [0.15, 0.2) is 41.3 Å². The van der Waals surface area contributed by atoms with Crippen molar-refractivity contribution < 1.29 is 9.72 Å². The number of carbonyl (C=O) groups is 1. The summed E-state index contributed by atoms with van der Waals surface area (Å²) in [5.74, 6) is -0.596. The molecule has 0 radical (unpaired) electrons. The van der Waals surface area contributed by atoms with Gasteiger partial charge in [0.05, 0.1) is 10.6 Å². The van der Waals surface area contributed by atoms with Gasteiger partial charge in [-0.1, -0.05) is 12.1 Å². The van der Waals surface area contributed by atoms with Crippen LogP contribution in [0.3, 0.4) is 0 Å². The summed E-state index contributed by atoms with van der Waals surface area (Å²) >= 11 is 0. The van der Waals surface area contributed by atoms with Crippen LogP contribution in [0.2, 0.25) is 0 Å². The summed E-state index contributed by atoms with van der Waals surface area (Å²) < 4.78 is 1.36. The summed E-state index contributed by atoms with van der Waals surface area (Å²) in [6.45, 7) is 4.96. The van der Waals surface area contributed by atoms with Gasteiger partial charge in [0.1, 0.15) is 11.3 Å². The van der Waals surface area contributed by atoms with Crippen LogP contribution in [0, 0.1) is 30.9 Å². The van der Waals surface area contributed by atoms with Crippen molar-refractivity contribution in [3.63, 3.8) is 0 Å². The van der Waals surface area contributed by atoms with E-state index in [0.717, 1.165) is 5.56 Å². The van der Waals surface area contributed by atoms with Crippen LogP contribution >= 0.6 is 0 Å². The van der Waals surface area contributed by atoms with Gasteiger partial charge in [-0.3, -0.25) is 24.1 Å². The van der Waals surface area contributed by atoms with Gasteiger partial charge in [-0.2, -0.15) is 0 Å². The molecular formula is C18H16N4O4. The van der Waals surface area contributed by atoms with Gasteiger partial charge in [0.15, 0.2) is 0 Å². The van der Waals surface area contributed by atoms with E-state index in [1.54, 1.807) is 19.2 Å². The van der Waals surface area contributed by atoms with Crippen molar-refractivity contribution in [2.24, 2.45) is 0 Å². The summed E-state index contributed by atoms with van der Waals surface area (Å²) in [7, 11) is 0. The van der Waals surface area contributed by atoms with Crippen molar-refractivity contribution in [1.82, 2.24) is 9.38 Å². The number of amides is 1. The van der Waals surface area contributed by atoms with E-state index in [1.807, 2.05) is 13.0 Å². The molecule has 3 aromatic rings. The first-order valence-electron chi connectivity index (χ1n) is 7.85. The molecule has 132 valence electrons. The van der Waals surface area contributed by atoms with Gasteiger partial charge in [0, 0.05) is 23.4 Å². The zero-order valence-corrected chi connectivity index (χ0v) is 14.4. The van der Waals surface area contributed by atoms with E-state index in [0.29, 0.717) is 11.3 Å². The van der Waals surface area contributed by atoms with Crippen molar-refractivity contribution >= 4 is 22.9 Å². The Morgan fingerprint density at radius 3 is 2.62 bits per heavy atom. The Balaban J connectivity index is 2.08. The van der Waals surface area contributed by atoms with Gasteiger partial charge in [-0.05, 0) is 38.5 Å². The average Bonchev–Trinajstić information content (AvgIpc) is 2.59. The number of aromatic nitrogens is 2. The summed E-state index contributed by atoms with van der Waals surface area (Å²) in [4.78, 5) is 40.2. The van der Waals surface area contributed by atoms with Gasteiger partial charge in [-0.15, -0.1) is 0 Å². The molecule has 0 aliphatic carbocycles. The molecule has 0 spiro atoms. The molecule has 0 bridgehead atoms. The van der Waals surface area contributed by atoms with Gasteiger partial charge < -0.3 is 5.32 Å². The second-order valence-corrected chi connectivity index (χ2v) is 5.92. The number of hydrogen-bond donors (Lipinski definition) is 1. The van der Waals surface area contributed by atoms with Gasteiger partial charge in [-0.25, -0.2) is 4.98 Å². The molecule has 0 unspecified atom stereocenters. The third kappa shape index (κ3) is 2.81. The minimum Gasteiger partial charge on any atom is -0.316 e. The summed E-state index contributed by atoms with van der Waals surface area (Å²) in [6.07, 6.45) is 1.57. The Kier molecular flexibility index (Phi) is 4.25. The van der Waals surface area contributed by atoms with E-state index in [1.165, 1.54) is 29.5 Å². The highest BCUT2D eigenvalue weighted by Crippen LogP contribution is 2.22. The van der Waals surface area contributed by atoms with E-state index in [-0.39, 0.29) is 22.5 Å². The Morgan fingerprint density at radius 1 is 1.19 bits per heavy atom. The van der Waals surface area contributed by atoms with Crippen LogP contribution in [0.1, 0.15) is 27.2 Å². The van der Waals surface area contributed by atoms with Crippen LogP contribution in [0.25, 0.3) is 5.65 Å². The number of anilines is 1. The van der Waals surface area contributed by atoms with Gasteiger partial charge >= 0.3 is 0 Å². The predicted molar refractivity (Wildman–Crippen MR) is 96.7 cm³/mol. The quantitative estimate of drug-likeness (QED) is 0.576. The molecule has 0 aliphatic rings. The highest BCUT2D eigenvalue weighted by atomic mass is 16.6. The summed E-state index contributed by atoms with van der Waals surface area (Å²) in [5, 5.41) is 13.6. The maximum Gasteiger partial charge on any atom is 0.281 e.